The summed E-state index contributed by atoms with van der Waals surface area (Å²) in [4.78, 5) is 15.9. The fourth-order valence-corrected chi connectivity index (χ4v) is 3.00. The van der Waals surface area contributed by atoms with E-state index in [1.807, 2.05) is 4.90 Å². The summed E-state index contributed by atoms with van der Waals surface area (Å²) in [5, 5.41) is 0. The number of carbonyl (C=O) groups excluding carboxylic acids is 1. The lowest BCUT2D eigenvalue weighted by atomic mass is 10.1. The fourth-order valence-electron chi connectivity index (χ4n) is 3.00. The Bertz CT molecular complexity index is 812. The van der Waals surface area contributed by atoms with Gasteiger partial charge in [0.25, 0.3) is 5.91 Å². The first-order chi connectivity index (χ1) is 12.7. The SMILES string of the molecule is O=C(c1ccc(C(F)(F)F)cc1)N1CCN(Cc2cc(F)ccc2F)CC1. The van der Waals surface area contributed by atoms with E-state index in [2.05, 4.69) is 0 Å². The molecule has 1 aliphatic heterocycles. The Kier molecular flexibility index (Phi) is 5.46. The summed E-state index contributed by atoms with van der Waals surface area (Å²) in [6, 6.07) is 7.38. The average molecular weight is 384 g/mol. The molecule has 1 amide bonds. The number of nitrogens with zero attached hydrogens (tertiary/aromatic N) is 2. The third-order valence-electron chi connectivity index (χ3n) is 4.52. The number of amides is 1. The normalized spacial score (nSPS) is 15.8. The summed E-state index contributed by atoms with van der Waals surface area (Å²) in [7, 11) is 0. The van der Waals surface area contributed by atoms with Gasteiger partial charge in [0, 0.05) is 43.9 Å². The third kappa shape index (κ3) is 4.63. The average Bonchev–Trinajstić information content (AvgIpc) is 2.64. The van der Waals surface area contributed by atoms with Gasteiger partial charge >= 0.3 is 6.18 Å². The molecule has 0 bridgehead atoms. The van der Waals surface area contributed by atoms with Crippen molar-refractivity contribution in [2.24, 2.45) is 0 Å². The number of alkyl halides is 3. The number of rotatable bonds is 3. The van der Waals surface area contributed by atoms with E-state index in [0.717, 1.165) is 30.3 Å². The monoisotopic (exact) mass is 384 g/mol. The van der Waals surface area contributed by atoms with E-state index in [1.54, 1.807) is 4.90 Å². The molecule has 144 valence electrons. The zero-order chi connectivity index (χ0) is 19.6. The number of piperazine rings is 1. The van der Waals surface area contributed by atoms with Gasteiger partial charge in [-0.2, -0.15) is 13.2 Å². The van der Waals surface area contributed by atoms with Gasteiger partial charge in [-0.25, -0.2) is 8.78 Å². The maximum atomic E-state index is 13.7. The smallest absolute Gasteiger partial charge is 0.336 e. The van der Waals surface area contributed by atoms with E-state index < -0.39 is 23.4 Å². The fraction of sp³-hybridized carbons (Fsp3) is 0.316. The Labute approximate surface area is 153 Å². The maximum Gasteiger partial charge on any atom is 0.416 e. The molecule has 0 radical (unpaired) electrons. The van der Waals surface area contributed by atoms with Crippen LogP contribution in [0.3, 0.4) is 0 Å². The minimum Gasteiger partial charge on any atom is -0.336 e. The molecule has 0 saturated carbocycles. The van der Waals surface area contributed by atoms with Crippen LogP contribution in [0.1, 0.15) is 21.5 Å². The lowest BCUT2D eigenvalue weighted by molar-refractivity contribution is -0.137. The molecule has 8 heteroatoms. The minimum absolute atomic E-state index is 0.188. The van der Waals surface area contributed by atoms with Gasteiger partial charge in [0.15, 0.2) is 0 Å². The van der Waals surface area contributed by atoms with Gasteiger partial charge in [-0.1, -0.05) is 0 Å². The topological polar surface area (TPSA) is 23.6 Å². The maximum absolute atomic E-state index is 13.7. The number of hydrogen-bond donors (Lipinski definition) is 0. The van der Waals surface area contributed by atoms with Crippen LogP contribution < -0.4 is 0 Å². The van der Waals surface area contributed by atoms with E-state index in [4.69, 9.17) is 0 Å². The molecule has 3 nitrogen and oxygen atoms in total. The molecule has 1 heterocycles. The van der Waals surface area contributed by atoms with Crippen LogP contribution >= 0.6 is 0 Å². The van der Waals surface area contributed by atoms with Crippen molar-refractivity contribution < 1.29 is 26.7 Å². The summed E-state index contributed by atoms with van der Waals surface area (Å²) in [5.74, 6) is -1.34. The van der Waals surface area contributed by atoms with E-state index in [9.17, 15) is 26.7 Å². The van der Waals surface area contributed by atoms with Crippen molar-refractivity contribution in [3.05, 3.63) is 70.8 Å². The molecular formula is C19H17F5N2O. The molecule has 0 unspecified atom stereocenters. The molecule has 0 aromatic heterocycles. The Morgan fingerprint density at radius 3 is 2.15 bits per heavy atom. The standard InChI is InChI=1S/C19H17F5N2O/c20-16-5-6-17(21)14(11-16)12-25-7-9-26(10-8-25)18(27)13-1-3-15(4-2-13)19(22,23)24/h1-6,11H,7-10,12H2. The Balaban J connectivity index is 1.58. The van der Waals surface area contributed by atoms with Crippen LogP contribution in [0.25, 0.3) is 0 Å². The summed E-state index contributed by atoms with van der Waals surface area (Å²) in [6.45, 7) is 1.87. The number of halogens is 5. The number of hydrogen-bond acceptors (Lipinski definition) is 2. The van der Waals surface area contributed by atoms with Crippen molar-refractivity contribution in [3.63, 3.8) is 0 Å². The Hall–Kier alpha value is -2.48. The van der Waals surface area contributed by atoms with Gasteiger partial charge in [-0.15, -0.1) is 0 Å². The molecule has 3 rings (SSSR count). The van der Waals surface area contributed by atoms with Gasteiger partial charge in [-0.05, 0) is 42.5 Å². The first-order valence-electron chi connectivity index (χ1n) is 8.37. The van der Waals surface area contributed by atoms with E-state index in [-0.39, 0.29) is 23.6 Å². The first kappa shape index (κ1) is 19.3. The van der Waals surface area contributed by atoms with E-state index >= 15 is 0 Å². The molecule has 2 aromatic carbocycles. The second kappa shape index (κ2) is 7.64. The van der Waals surface area contributed by atoms with Gasteiger partial charge in [0.05, 0.1) is 5.56 Å². The van der Waals surface area contributed by atoms with Crippen molar-refractivity contribution in [2.45, 2.75) is 12.7 Å². The van der Waals surface area contributed by atoms with Crippen LogP contribution in [0, 0.1) is 11.6 Å². The first-order valence-corrected chi connectivity index (χ1v) is 8.37. The molecule has 1 fully saturated rings. The van der Waals surface area contributed by atoms with Crippen LogP contribution in [-0.4, -0.2) is 41.9 Å². The quantitative estimate of drug-likeness (QED) is 0.749. The summed E-state index contributed by atoms with van der Waals surface area (Å²) < 4.78 is 64.8. The van der Waals surface area contributed by atoms with Gasteiger partial charge in [-0.3, -0.25) is 9.69 Å². The van der Waals surface area contributed by atoms with Crippen molar-refractivity contribution in [3.8, 4) is 0 Å². The van der Waals surface area contributed by atoms with Crippen molar-refractivity contribution >= 4 is 5.91 Å². The van der Waals surface area contributed by atoms with E-state index in [0.29, 0.717) is 26.2 Å². The summed E-state index contributed by atoms with van der Waals surface area (Å²) in [6.07, 6.45) is -4.45. The van der Waals surface area contributed by atoms with Crippen LogP contribution in [0.2, 0.25) is 0 Å². The third-order valence-corrected chi connectivity index (χ3v) is 4.52. The van der Waals surface area contributed by atoms with Crippen LogP contribution in [0.15, 0.2) is 42.5 Å². The number of benzene rings is 2. The molecular weight excluding hydrogens is 367 g/mol. The molecule has 0 N–H and O–H groups in total. The van der Waals surface area contributed by atoms with Crippen molar-refractivity contribution in [1.29, 1.82) is 0 Å². The molecule has 2 aromatic rings. The second-order valence-electron chi connectivity index (χ2n) is 6.38. The molecule has 1 saturated heterocycles. The van der Waals surface area contributed by atoms with Crippen molar-refractivity contribution in [2.75, 3.05) is 26.2 Å². The highest BCUT2D eigenvalue weighted by atomic mass is 19.4. The summed E-state index contributed by atoms with van der Waals surface area (Å²) in [5.41, 5.74) is -0.369. The molecule has 1 aliphatic rings. The highest BCUT2D eigenvalue weighted by Crippen LogP contribution is 2.29. The Morgan fingerprint density at radius 2 is 1.56 bits per heavy atom. The largest absolute Gasteiger partial charge is 0.416 e. The summed E-state index contributed by atoms with van der Waals surface area (Å²) >= 11 is 0. The molecule has 0 aliphatic carbocycles. The second-order valence-corrected chi connectivity index (χ2v) is 6.38. The predicted molar refractivity (Wildman–Crippen MR) is 89.0 cm³/mol. The molecule has 0 spiro atoms. The highest BCUT2D eigenvalue weighted by molar-refractivity contribution is 5.94. The van der Waals surface area contributed by atoms with Crippen LogP contribution in [0.4, 0.5) is 22.0 Å². The minimum atomic E-state index is -4.45. The van der Waals surface area contributed by atoms with E-state index in [1.165, 1.54) is 12.1 Å². The van der Waals surface area contributed by atoms with Crippen molar-refractivity contribution in [1.82, 2.24) is 9.80 Å². The Morgan fingerprint density at radius 1 is 0.926 bits per heavy atom. The van der Waals surface area contributed by atoms with Crippen LogP contribution in [-0.2, 0) is 12.7 Å². The zero-order valence-electron chi connectivity index (χ0n) is 14.3. The molecule has 0 atom stereocenters. The van der Waals surface area contributed by atoms with Crippen LogP contribution in [0.5, 0.6) is 0 Å². The van der Waals surface area contributed by atoms with Gasteiger partial charge < -0.3 is 4.90 Å². The lowest BCUT2D eigenvalue weighted by Crippen LogP contribution is -2.48. The number of carbonyl (C=O) groups is 1. The zero-order valence-corrected chi connectivity index (χ0v) is 14.3. The van der Waals surface area contributed by atoms with Gasteiger partial charge in [0.1, 0.15) is 11.6 Å². The highest BCUT2D eigenvalue weighted by Gasteiger charge is 2.30. The molecule has 27 heavy (non-hydrogen) atoms. The lowest BCUT2D eigenvalue weighted by Gasteiger charge is -2.34. The predicted octanol–water partition coefficient (Wildman–Crippen LogP) is 3.94. The van der Waals surface area contributed by atoms with Gasteiger partial charge in [0.2, 0.25) is 0 Å².